The molecule has 0 spiro atoms. The lowest BCUT2D eigenvalue weighted by Gasteiger charge is -2.11. The van der Waals surface area contributed by atoms with E-state index in [0.29, 0.717) is 24.7 Å². The van der Waals surface area contributed by atoms with Crippen LogP contribution >= 0.6 is 0 Å². The van der Waals surface area contributed by atoms with E-state index >= 15 is 0 Å². The molecule has 0 unspecified atom stereocenters. The minimum atomic E-state index is -0.575. The van der Waals surface area contributed by atoms with Crippen LogP contribution in [0.1, 0.15) is 25.0 Å². The molecule has 23 heavy (non-hydrogen) atoms. The van der Waals surface area contributed by atoms with Crippen LogP contribution in [0.4, 0.5) is 4.79 Å². The number of amides is 1. The summed E-state index contributed by atoms with van der Waals surface area (Å²) in [4.78, 5) is 11.3. The van der Waals surface area contributed by atoms with Crippen molar-refractivity contribution in [1.82, 2.24) is 5.43 Å². The zero-order valence-electron chi connectivity index (χ0n) is 13.3. The van der Waals surface area contributed by atoms with Crippen LogP contribution in [0.15, 0.2) is 59.7 Å². The minimum Gasteiger partial charge on any atom is -0.488 e. The lowest BCUT2D eigenvalue weighted by Crippen LogP contribution is -2.20. The smallest absolute Gasteiger partial charge is 0.427 e. The standard InChI is InChI=1S/C18H20N2O3/c1-3-22-18(21)20-19-14(2)16-11-7-8-12-17(16)23-13-15-9-5-4-6-10-15/h4-12H,3,13H2,1-2H3,(H,20,21)/b19-14-. The average molecular weight is 312 g/mol. The maximum absolute atomic E-state index is 11.3. The third-order valence-electron chi connectivity index (χ3n) is 3.10. The van der Waals surface area contributed by atoms with Gasteiger partial charge < -0.3 is 9.47 Å². The van der Waals surface area contributed by atoms with Crippen molar-refractivity contribution < 1.29 is 14.3 Å². The van der Waals surface area contributed by atoms with E-state index in [1.807, 2.05) is 54.6 Å². The molecule has 0 aliphatic heterocycles. The predicted molar refractivity (Wildman–Crippen MR) is 89.6 cm³/mol. The monoisotopic (exact) mass is 312 g/mol. The van der Waals surface area contributed by atoms with E-state index in [9.17, 15) is 4.79 Å². The van der Waals surface area contributed by atoms with E-state index in [1.165, 1.54) is 0 Å². The van der Waals surface area contributed by atoms with Crippen molar-refractivity contribution >= 4 is 11.8 Å². The van der Waals surface area contributed by atoms with Gasteiger partial charge in [-0.15, -0.1) is 0 Å². The highest BCUT2D eigenvalue weighted by Crippen LogP contribution is 2.20. The summed E-state index contributed by atoms with van der Waals surface area (Å²) in [5, 5.41) is 4.04. The summed E-state index contributed by atoms with van der Waals surface area (Å²) in [6.45, 7) is 4.31. The van der Waals surface area contributed by atoms with Crippen molar-refractivity contribution in [3.8, 4) is 5.75 Å². The zero-order chi connectivity index (χ0) is 16.5. The van der Waals surface area contributed by atoms with Gasteiger partial charge >= 0.3 is 6.09 Å². The molecular formula is C18H20N2O3. The normalized spacial score (nSPS) is 11.0. The van der Waals surface area contributed by atoms with E-state index in [1.54, 1.807) is 13.8 Å². The molecule has 2 aromatic rings. The molecule has 120 valence electrons. The van der Waals surface area contributed by atoms with E-state index in [2.05, 4.69) is 10.5 Å². The molecular weight excluding hydrogens is 292 g/mol. The van der Waals surface area contributed by atoms with Crippen LogP contribution in [0, 0.1) is 0 Å². The van der Waals surface area contributed by atoms with Gasteiger partial charge in [-0.3, -0.25) is 0 Å². The molecule has 0 aliphatic rings. The van der Waals surface area contributed by atoms with Crippen LogP contribution in [-0.2, 0) is 11.3 Å². The Morgan fingerprint density at radius 1 is 1.09 bits per heavy atom. The number of carbonyl (C=O) groups is 1. The van der Waals surface area contributed by atoms with Crippen molar-refractivity contribution in [3.05, 3.63) is 65.7 Å². The van der Waals surface area contributed by atoms with Crippen molar-refractivity contribution in [2.45, 2.75) is 20.5 Å². The molecule has 1 amide bonds. The molecule has 2 aromatic carbocycles. The second kappa shape index (κ2) is 8.58. The van der Waals surface area contributed by atoms with E-state index in [-0.39, 0.29) is 0 Å². The lowest BCUT2D eigenvalue weighted by atomic mass is 10.1. The van der Waals surface area contributed by atoms with E-state index in [4.69, 9.17) is 9.47 Å². The number of para-hydroxylation sites is 1. The molecule has 5 nitrogen and oxygen atoms in total. The van der Waals surface area contributed by atoms with Crippen molar-refractivity contribution in [3.63, 3.8) is 0 Å². The third-order valence-corrected chi connectivity index (χ3v) is 3.10. The largest absolute Gasteiger partial charge is 0.488 e. The highest BCUT2D eigenvalue weighted by Gasteiger charge is 2.07. The Bertz CT molecular complexity index is 669. The maximum atomic E-state index is 11.3. The molecule has 0 saturated heterocycles. The number of hydrogen-bond donors (Lipinski definition) is 1. The summed E-state index contributed by atoms with van der Waals surface area (Å²) < 4.78 is 10.6. The Hall–Kier alpha value is -2.82. The number of hydrogen-bond acceptors (Lipinski definition) is 4. The van der Waals surface area contributed by atoms with Gasteiger partial charge in [0.25, 0.3) is 0 Å². The molecule has 0 saturated carbocycles. The first-order valence-corrected chi connectivity index (χ1v) is 7.44. The van der Waals surface area contributed by atoms with Gasteiger partial charge in [-0.05, 0) is 31.5 Å². The molecule has 0 aliphatic carbocycles. The van der Waals surface area contributed by atoms with Crippen LogP contribution in [0.3, 0.4) is 0 Å². The zero-order valence-corrected chi connectivity index (χ0v) is 13.3. The summed E-state index contributed by atoms with van der Waals surface area (Å²) >= 11 is 0. The molecule has 0 atom stereocenters. The Labute approximate surface area is 135 Å². The topological polar surface area (TPSA) is 59.9 Å². The summed E-state index contributed by atoms with van der Waals surface area (Å²) in [5.41, 5.74) is 4.90. The number of ether oxygens (including phenoxy) is 2. The van der Waals surface area contributed by atoms with Crippen LogP contribution in [-0.4, -0.2) is 18.4 Å². The molecule has 0 bridgehead atoms. The van der Waals surface area contributed by atoms with Gasteiger partial charge in [0.1, 0.15) is 12.4 Å². The molecule has 0 radical (unpaired) electrons. The molecule has 1 N–H and O–H groups in total. The SMILES string of the molecule is CCOC(=O)N/N=C(/C)c1ccccc1OCc1ccccc1. The Kier molecular flexibility index (Phi) is 6.17. The molecule has 0 heterocycles. The number of benzene rings is 2. The molecule has 2 rings (SSSR count). The molecule has 0 fully saturated rings. The van der Waals surface area contributed by atoms with Crippen molar-refractivity contribution in [1.29, 1.82) is 0 Å². The van der Waals surface area contributed by atoms with Gasteiger partial charge in [0.2, 0.25) is 0 Å². The average Bonchev–Trinajstić information content (AvgIpc) is 2.59. The minimum absolute atomic E-state index is 0.303. The second-order valence-corrected chi connectivity index (χ2v) is 4.80. The molecule has 5 heteroatoms. The van der Waals surface area contributed by atoms with Crippen LogP contribution in [0.2, 0.25) is 0 Å². The second-order valence-electron chi connectivity index (χ2n) is 4.80. The first-order chi connectivity index (χ1) is 11.2. The highest BCUT2D eigenvalue weighted by molar-refractivity contribution is 6.01. The van der Waals surface area contributed by atoms with Crippen LogP contribution in [0.5, 0.6) is 5.75 Å². The summed E-state index contributed by atoms with van der Waals surface area (Å²) in [6, 6.07) is 17.5. The Morgan fingerprint density at radius 3 is 2.52 bits per heavy atom. The van der Waals surface area contributed by atoms with Gasteiger partial charge in [-0.2, -0.15) is 5.10 Å². The fourth-order valence-electron chi connectivity index (χ4n) is 1.98. The fraction of sp³-hybridized carbons (Fsp3) is 0.222. The number of nitrogens with zero attached hydrogens (tertiary/aromatic N) is 1. The van der Waals surface area contributed by atoms with E-state index < -0.39 is 6.09 Å². The number of carbonyl (C=O) groups excluding carboxylic acids is 1. The predicted octanol–water partition coefficient (Wildman–Crippen LogP) is 3.74. The quantitative estimate of drug-likeness (QED) is 0.653. The lowest BCUT2D eigenvalue weighted by molar-refractivity contribution is 0.152. The first kappa shape index (κ1) is 16.5. The fourth-order valence-corrected chi connectivity index (χ4v) is 1.98. The molecule has 0 aromatic heterocycles. The van der Waals surface area contributed by atoms with Gasteiger partial charge in [-0.1, -0.05) is 42.5 Å². The van der Waals surface area contributed by atoms with Gasteiger partial charge in [0.05, 0.1) is 12.3 Å². The van der Waals surface area contributed by atoms with E-state index in [0.717, 1.165) is 11.1 Å². The third kappa shape index (κ3) is 5.14. The first-order valence-electron chi connectivity index (χ1n) is 7.44. The summed E-state index contributed by atoms with van der Waals surface area (Å²) in [6.07, 6.45) is -0.575. The maximum Gasteiger partial charge on any atom is 0.427 e. The van der Waals surface area contributed by atoms with Gasteiger partial charge in [0, 0.05) is 5.56 Å². The number of hydrazone groups is 1. The number of nitrogens with one attached hydrogen (secondary N) is 1. The van der Waals surface area contributed by atoms with Crippen molar-refractivity contribution in [2.24, 2.45) is 5.10 Å². The van der Waals surface area contributed by atoms with Gasteiger partial charge in [0.15, 0.2) is 0 Å². The Morgan fingerprint density at radius 2 is 1.78 bits per heavy atom. The Balaban J connectivity index is 2.07. The van der Waals surface area contributed by atoms with Crippen molar-refractivity contribution in [2.75, 3.05) is 6.61 Å². The van der Waals surface area contributed by atoms with Gasteiger partial charge in [-0.25, -0.2) is 10.2 Å². The van der Waals surface area contributed by atoms with Crippen LogP contribution < -0.4 is 10.2 Å². The number of rotatable bonds is 6. The van der Waals surface area contributed by atoms with Crippen LogP contribution in [0.25, 0.3) is 0 Å². The highest BCUT2D eigenvalue weighted by atomic mass is 16.5. The summed E-state index contributed by atoms with van der Waals surface area (Å²) in [7, 11) is 0. The summed E-state index contributed by atoms with van der Waals surface area (Å²) in [5.74, 6) is 0.711.